The van der Waals surface area contributed by atoms with E-state index >= 15 is 0 Å². The molecule has 0 spiro atoms. The molecule has 17 heteroatoms. The van der Waals surface area contributed by atoms with Crippen molar-refractivity contribution >= 4 is 0 Å². The minimum atomic E-state index is -8.37. The predicted molar refractivity (Wildman–Crippen MR) is 92.1 cm³/mol. The summed E-state index contributed by atoms with van der Waals surface area (Å²) in [7, 11) is 0. The van der Waals surface area contributed by atoms with Crippen LogP contribution < -0.4 is 4.74 Å². The first-order valence-corrected chi connectivity index (χ1v) is 9.38. The normalized spacial score (nSPS) is 16.2. The molecule has 210 valence electrons. The lowest BCUT2D eigenvalue weighted by Crippen LogP contribution is -2.72. The van der Waals surface area contributed by atoms with Crippen LogP contribution in [0.4, 0.5) is 65.9 Å². The van der Waals surface area contributed by atoms with E-state index in [1.165, 1.54) is 26.8 Å². The summed E-state index contributed by atoms with van der Waals surface area (Å²) < 4.78 is 205. The van der Waals surface area contributed by atoms with Crippen LogP contribution in [0.15, 0.2) is 24.3 Å². The molecule has 1 aromatic rings. The summed E-state index contributed by atoms with van der Waals surface area (Å²) >= 11 is 0. The Bertz CT molecular complexity index is 916. The van der Waals surface area contributed by atoms with E-state index in [1.54, 1.807) is 0 Å². The first-order valence-electron chi connectivity index (χ1n) is 9.38. The largest absolute Gasteiger partial charge is 0.488 e. The Morgan fingerprint density at radius 3 is 1.44 bits per heavy atom. The maximum atomic E-state index is 14.1. The molecule has 0 aliphatic heterocycles. The summed E-state index contributed by atoms with van der Waals surface area (Å²) in [6.45, 7) is 4.16. The average molecular weight is 562 g/mol. The van der Waals surface area contributed by atoms with Gasteiger partial charge in [-0.05, 0) is 26.8 Å². The third-order valence-corrected chi connectivity index (χ3v) is 4.54. The lowest BCUT2D eigenvalue weighted by atomic mass is 9.88. The number of aliphatic hydroxyl groups is 1. The fourth-order valence-corrected chi connectivity index (χ4v) is 2.66. The number of ether oxygens (including phenoxy) is 1. The van der Waals surface area contributed by atoms with Crippen LogP contribution in [0.3, 0.4) is 0 Å². The molecule has 0 amide bonds. The molecule has 0 fully saturated rings. The van der Waals surface area contributed by atoms with Crippen LogP contribution in [-0.2, 0) is 0 Å². The van der Waals surface area contributed by atoms with Gasteiger partial charge in [0, 0.05) is 12.0 Å². The third kappa shape index (κ3) is 5.16. The van der Waals surface area contributed by atoms with Gasteiger partial charge in [0.25, 0.3) is 0 Å². The van der Waals surface area contributed by atoms with Crippen molar-refractivity contribution in [2.45, 2.75) is 80.6 Å². The molecule has 0 heterocycles. The number of benzene rings is 1. The van der Waals surface area contributed by atoms with Crippen molar-refractivity contribution in [3.8, 4) is 5.75 Å². The molecule has 1 aromatic carbocycles. The van der Waals surface area contributed by atoms with E-state index in [1.807, 2.05) is 0 Å². The molecular weight excluding hydrogens is 545 g/mol. The molecule has 0 saturated heterocycles. The third-order valence-electron chi connectivity index (χ3n) is 4.54. The lowest BCUT2D eigenvalue weighted by molar-refractivity contribution is -0.453. The van der Waals surface area contributed by atoms with Crippen LogP contribution in [0.2, 0.25) is 0 Å². The summed E-state index contributed by atoms with van der Waals surface area (Å²) in [6, 6.07) is 3.93. The Hall–Kier alpha value is -2.07. The Balaban J connectivity index is 3.49. The van der Waals surface area contributed by atoms with Gasteiger partial charge in [-0.3, -0.25) is 0 Å². The van der Waals surface area contributed by atoms with Gasteiger partial charge in [0.15, 0.2) is 0 Å². The van der Waals surface area contributed by atoms with Crippen LogP contribution in [0.1, 0.15) is 38.9 Å². The van der Waals surface area contributed by atoms with Crippen LogP contribution in [-0.4, -0.2) is 52.4 Å². The second-order valence-electron chi connectivity index (χ2n) is 8.55. The first-order chi connectivity index (χ1) is 15.6. The molecule has 0 saturated carbocycles. The highest BCUT2D eigenvalue weighted by Gasteiger charge is 2.93. The van der Waals surface area contributed by atoms with Crippen molar-refractivity contribution in [1.82, 2.24) is 0 Å². The SMILES string of the molecule is CC(C)(C)Oc1ccccc1C(O)CC(F)(F)C(F)(F)C(F)(F)C(F)(F)C(F)(F)C(F)(F)C(F)(F)F. The maximum Gasteiger partial charge on any atom is 0.460 e. The van der Waals surface area contributed by atoms with Gasteiger partial charge in [-0.15, -0.1) is 0 Å². The Morgan fingerprint density at radius 2 is 1.03 bits per heavy atom. The zero-order valence-corrected chi connectivity index (χ0v) is 18.1. The van der Waals surface area contributed by atoms with Crippen molar-refractivity contribution < 1.29 is 75.7 Å². The molecule has 1 atom stereocenters. The molecule has 0 radical (unpaired) electrons. The summed E-state index contributed by atoms with van der Waals surface area (Å²) in [5, 5.41) is 9.92. The van der Waals surface area contributed by atoms with Crippen molar-refractivity contribution in [2.75, 3.05) is 0 Å². The second-order valence-corrected chi connectivity index (χ2v) is 8.55. The lowest BCUT2D eigenvalue weighted by Gasteiger charge is -2.41. The molecule has 0 aliphatic rings. The van der Waals surface area contributed by atoms with Gasteiger partial charge < -0.3 is 9.84 Å². The zero-order valence-electron chi connectivity index (χ0n) is 18.1. The van der Waals surface area contributed by atoms with Crippen LogP contribution in [0.25, 0.3) is 0 Å². The minimum Gasteiger partial charge on any atom is -0.488 e. The topological polar surface area (TPSA) is 29.5 Å². The molecule has 1 N–H and O–H groups in total. The highest BCUT2D eigenvalue weighted by molar-refractivity contribution is 5.36. The summed E-state index contributed by atoms with van der Waals surface area (Å²) in [6.07, 6.45) is -13.5. The number of hydrogen-bond donors (Lipinski definition) is 1. The minimum absolute atomic E-state index is 0.481. The Labute approximate surface area is 193 Å². The number of halogens is 15. The quantitative estimate of drug-likeness (QED) is 0.313. The highest BCUT2D eigenvalue weighted by Crippen LogP contribution is 2.63. The van der Waals surface area contributed by atoms with E-state index in [4.69, 9.17) is 4.74 Å². The van der Waals surface area contributed by atoms with Crippen LogP contribution >= 0.6 is 0 Å². The van der Waals surface area contributed by atoms with Gasteiger partial charge in [0.2, 0.25) is 0 Å². The zero-order chi connectivity index (χ0) is 29.0. The van der Waals surface area contributed by atoms with Gasteiger partial charge in [-0.2, -0.15) is 65.9 Å². The van der Waals surface area contributed by atoms with Crippen molar-refractivity contribution in [3.05, 3.63) is 29.8 Å². The predicted octanol–water partition coefficient (Wildman–Crippen LogP) is 7.66. The molecule has 1 unspecified atom stereocenters. The molecule has 2 nitrogen and oxygen atoms in total. The van der Waals surface area contributed by atoms with E-state index in [2.05, 4.69) is 0 Å². The monoisotopic (exact) mass is 562 g/mol. The molecular formula is C19H17F15O2. The van der Waals surface area contributed by atoms with Crippen molar-refractivity contribution in [3.63, 3.8) is 0 Å². The van der Waals surface area contributed by atoms with E-state index in [9.17, 15) is 71.0 Å². The number of aliphatic hydroxyl groups excluding tert-OH is 1. The molecule has 0 bridgehead atoms. The van der Waals surface area contributed by atoms with Crippen LogP contribution in [0.5, 0.6) is 5.75 Å². The summed E-state index contributed by atoms with van der Waals surface area (Å²) in [5.41, 5.74) is -1.90. The summed E-state index contributed by atoms with van der Waals surface area (Å²) in [5.74, 6) is -47.7. The number of alkyl halides is 15. The van der Waals surface area contributed by atoms with Crippen molar-refractivity contribution in [1.29, 1.82) is 0 Å². The van der Waals surface area contributed by atoms with E-state index in [0.717, 1.165) is 18.2 Å². The van der Waals surface area contributed by atoms with Gasteiger partial charge in [0.05, 0.1) is 6.10 Å². The fraction of sp³-hybridized carbons (Fsp3) is 0.684. The van der Waals surface area contributed by atoms with E-state index in [-0.39, 0.29) is 0 Å². The smallest absolute Gasteiger partial charge is 0.460 e. The summed E-state index contributed by atoms with van der Waals surface area (Å²) in [4.78, 5) is 0. The molecule has 0 aliphatic carbocycles. The van der Waals surface area contributed by atoms with E-state index < -0.39 is 71.2 Å². The van der Waals surface area contributed by atoms with Gasteiger partial charge in [-0.1, -0.05) is 18.2 Å². The van der Waals surface area contributed by atoms with E-state index in [0.29, 0.717) is 0 Å². The van der Waals surface area contributed by atoms with Crippen LogP contribution in [0, 0.1) is 0 Å². The highest BCUT2D eigenvalue weighted by atomic mass is 19.4. The number of hydrogen-bond acceptors (Lipinski definition) is 2. The number of rotatable bonds is 9. The van der Waals surface area contributed by atoms with Gasteiger partial charge in [-0.25, -0.2) is 0 Å². The Morgan fingerprint density at radius 1 is 0.639 bits per heavy atom. The molecule has 1 rings (SSSR count). The average Bonchev–Trinajstić information content (AvgIpc) is 2.65. The molecule has 0 aromatic heterocycles. The van der Waals surface area contributed by atoms with Crippen molar-refractivity contribution in [2.24, 2.45) is 0 Å². The first kappa shape index (κ1) is 32.0. The standard InChI is InChI=1S/C19H17F15O2/c1-12(2,3)36-11-7-5-4-6-9(11)10(35)8-13(20,21)14(22,23)15(24,25)16(26,27)17(28,29)18(30,31)19(32,33)34/h4-7,10,35H,8H2,1-3H3. The second kappa shape index (κ2) is 9.04. The van der Waals surface area contributed by atoms with Gasteiger partial charge >= 0.3 is 41.7 Å². The fourth-order valence-electron chi connectivity index (χ4n) is 2.66. The molecule has 36 heavy (non-hydrogen) atoms. The number of para-hydroxylation sites is 1. The Kier molecular flexibility index (Phi) is 8.03. The van der Waals surface area contributed by atoms with Gasteiger partial charge in [0.1, 0.15) is 11.4 Å². The maximum absolute atomic E-state index is 14.1.